The molecule has 18 atom stereocenters. The highest BCUT2D eigenvalue weighted by Gasteiger charge is 2.45. The minimum Gasteiger partial charge on any atom is -0.394 e. The number of unbranched alkanes of at least 4 members (excludes halogenated alkanes) is 10. The van der Waals surface area contributed by atoms with E-state index in [-0.39, 0.29) is 110 Å². The van der Waals surface area contributed by atoms with Crippen LogP contribution in [-0.2, 0) is 75.5 Å². The number of amides is 5. The summed E-state index contributed by atoms with van der Waals surface area (Å²) in [6, 6.07) is -0.960. The maximum Gasteiger partial charge on any atom is 0.471 e. The summed E-state index contributed by atoms with van der Waals surface area (Å²) in [7, 11) is -1.01. The van der Waals surface area contributed by atoms with Crippen LogP contribution in [0.2, 0.25) is 0 Å². The molecule has 3 aliphatic rings. The normalized spacial score (nSPS) is 25.0. The summed E-state index contributed by atoms with van der Waals surface area (Å²) < 4.78 is 58.8. The van der Waals surface area contributed by atoms with Crippen molar-refractivity contribution >= 4 is 43.1 Å². The Labute approximate surface area is 634 Å². The van der Waals surface area contributed by atoms with Gasteiger partial charge in [0.25, 0.3) is 0 Å². The van der Waals surface area contributed by atoms with Crippen LogP contribution in [0, 0.1) is 23.7 Å². The lowest BCUT2D eigenvalue weighted by Gasteiger charge is -2.40. The van der Waals surface area contributed by atoms with Crippen molar-refractivity contribution in [1.29, 1.82) is 0 Å². The van der Waals surface area contributed by atoms with Crippen LogP contribution in [0.25, 0.3) is 0 Å². The van der Waals surface area contributed by atoms with Gasteiger partial charge < -0.3 is 116 Å². The van der Waals surface area contributed by atoms with Crippen molar-refractivity contribution in [3.63, 3.8) is 0 Å². The number of phosphoric ester groups is 1. The molecule has 0 aliphatic carbocycles. The van der Waals surface area contributed by atoms with Crippen LogP contribution in [0.5, 0.6) is 0 Å². The van der Waals surface area contributed by atoms with Crippen LogP contribution in [0.15, 0.2) is 0 Å². The summed E-state index contributed by atoms with van der Waals surface area (Å²) in [5.41, 5.74) is 5.30. The fraction of sp³-hybridized carbons (Fsp3) is 0.918. The summed E-state index contributed by atoms with van der Waals surface area (Å²) in [6.45, 7) is 15.1. The second-order valence-corrected chi connectivity index (χ2v) is 27.4. The van der Waals surface area contributed by atoms with Crippen molar-refractivity contribution in [2.24, 2.45) is 29.4 Å². The summed E-state index contributed by atoms with van der Waals surface area (Å²) in [4.78, 5) is 88.3. The highest BCUT2D eigenvalue weighted by molar-refractivity contribution is 7.47. The number of aliphatic hydroxyl groups excluding tert-OH is 9. The first-order chi connectivity index (χ1) is 49.4. The van der Waals surface area contributed by atoms with Gasteiger partial charge in [-0.25, -0.2) is 4.57 Å². The Hall–Kier alpha value is -3.55. The van der Waals surface area contributed by atoms with E-state index in [1.165, 1.54) is 0 Å². The van der Waals surface area contributed by atoms with Gasteiger partial charge in [-0.1, -0.05) is 96.4 Å². The summed E-state index contributed by atoms with van der Waals surface area (Å²) in [5, 5.41) is 104. The molecule has 0 bridgehead atoms. The monoisotopic (exact) mass is 1560 g/mol. The Bertz CT molecular complexity index is 2240. The van der Waals surface area contributed by atoms with Crippen molar-refractivity contribution < 1.29 is 126 Å². The lowest BCUT2D eigenvalue weighted by atomic mass is 9.91. The fourth-order valence-corrected chi connectivity index (χ4v) is 11.7. The number of hydrogen-bond donors (Lipinski definition) is 16. The fourth-order valence-electron chi connectivity index (χ4n) is 11.2. The minimum atomic E-state index is -3.75. The predicted molar refractivity (Wildman–Crippen MR) is 403 cm³/mol. The quantitative estimate of drug-likeness (QED) is 0.0295. The van der Waals surface area contributed by atoms with E-state index in [2.05, 4.69) is 35.6 Å². The molecule has 0 radical (unpaired) electrons. The molecule has 3 saturated heterocycles. The number of carbonyl (C=O) groups excluding carboxylic acids is 6. The van der Waals surface area contributed by atoms with E-state index in [1.807, 2.05) is 27.7 Å². The molecule has 17 N–H and O–H groups in total. The molecule has 32 nitrogen and oxygen atoms in total. The summed E-state index contributed by atoms with van der Waals surface area (Å²) in [6.07, 6.45) is -0.510. The molecule has 106 heavy (non-hydrogen) atoms. The van der Waals surface area contributed by atoms with E-state index in [1.54, 1.807) is 27.9 Å². The molecular weight excluding hydrogens is 1410 g/mol. The molecule has 3 fully saturated rings. The van der Waals surface area contributed by atoms with E-state index in [0.29, 0.717) is 142 Å². The standard InChI is InChI=1S/C59H107N5O22.C7H18NO4P.2C2H6.3CH4/c1-37-50(73)53(76)43(34-65)84-57(37)81-30-15-9-22-47(70)60-25-13-7-19-40(56(79)63-27-12-5-6-21-46(69)62-28-18-29-80-4)33-42(68)41(64-49(72)24-11-17-32-83-59-39(3)52(75)55(78)45(36-67)86-59)20-8-14-26-61-48(71)23-10-16-31-82-58-38(2)51(74)54(77)44(35-66)85-58;1-11-13(9,10)12-7-5-3-2-4-6-8;2*1-2;;;/h37-41,43-45,50-55,57-59,65-67,73-78H,5-36H2,1-4H3,(H,60,70)(H,61,71)(H,62,69)(H,63,79)(H,64,72);2-8H2,1H3,(H,9,10);2*1-2H3;3*1H4/t37?,38?,39?,40?,41?,43?,44?,45?,50-,51-,52-,53+,54+,55+,57-,58-,59-;;;;;;/m1....../s1. The van der Waals surface area contributed by atoms with Gasteiger partial charge in [0.15, 0.2) is 24.7 Å². The molecule has 632 valence electrons. The second-order valence-electron chi connectivity index (χ2n) is 25.8. The number of ether oxygens (including phenoxy) is 7. The van der Waals surface area contributed by atoms with E-state index in [0.717, 1.165) is 32.8 Å². The molecule has 33 heteroatoms. The smallest absolute Gasteiger partial charge is 0.394 e. The maximum absolute atomic E-state index is 14.3. The highest BCUT2D eigenvalue weighted by Crippen LogP contribution is 2.42. The number of carbonyl (C=O) groups is 6. The van der Waals surface area contributed by atoms with Crippen LogP contribution in [-0.4, -0.2) is 266 Å². The van der Waals surface area contributed by atoms with Crippen LogP contribution in [0.4, 0.5) is 0 Å². The van der Waals surface area contributed by atoms with Gasteiger partial charge in [0, 0.05) is 123 Å². The van der Waals surface area contributed by atoms with Crippen LogP contribution < -0.4 is 32.3 Å². The summed E-state index contributed by atoms with van der Waals surface area (Å²) >= 11 is 0. The first kappa shape index (κ1) is 109. The lowest BCUT2D eigenvalue weighted by Crippen LogP contribution is -2.55. The Balaban J connectivity index is -0.00000232. The third-order valence-electron chi connectivity index (χ3n) is 17.7. The number of aliphatic hydroxyl groups is 9. The Morgan fingerprint density at radius 1 is 0.443 bits per heavy atom. The molecule has 9 unspecified atom stereocenters. The molecule has 3 rings (SSSR count). The van der Waals surface area contributed by atoms with Gasteiger partial charge in [0.1, 0.15) is 36.6 Å². The first-order valence-corrected chi connectivity index (χ1v) is 39.2. The number of rotatable bonds is 54. The predicted octanol–water partition coefficient (Wildman–Crippen LogP) is 4.46. The maximum atomic E-state index is 14.3. The zero-order valence-corrected chi connectivity index (χ0v) is 64.1. The zero-order valence-electron chi connectivity index (χ0n) is 63.2. The Kier molecular flexibility index (Phi) is 68.9. The van der Waals surface area contributed by atoms with E-state index < -0.39 is 137 Å². The van der Waals surface area contributed by atoms with Crippen molar-refractivity contribution in [2.45, 2.75) is 311 Å². The van der Waals surface area contributed by atoms with E-state index in [4.69, 9.17) is 43.8 Å². The van der Waals surface area contributed by atoms with Gasteiger partial charge in [0.05, 0.1) is 50.8 Å². The van der Waals surface area contributed by atoms with Crippen LogP contribution in [0.3, 0.4) is 0 Å². The number of Topliss-reactive ketones (excluding diaryl/α,β-unsaturated/α-hetero) is 1. The third-order valence-corrected chi connectivity index (χ3v) is 18.7. The molecule has 5 amide bonds. The van der Waals surface area contributed by atoms with Crippen LogP contribution >= 0.6 is 7.82 Å². The zero-order chi connectivity index (χ0) is 77.5. The molecular formula is C73H149N6O26P. The van der Waals surface area contributed by atoms with Gasteiger partial charge in [0.2, 0.25) is 29.5 Å². The lowest BCUT2D eigenvalue weighted by molar-refractivity contribution is -0.282. The van der Waals surface area contributed by atoms with Gasteiger partial charge in [-0.3, -0.25) is 37.8 Å². The number of phosphoric acid groups is 1. The highest BCUT2D eigenvalue weighted by atomic mass is 31.2. The van der Waals surface area contributed by atoms with Crippen molar-refractivity contribution in [3.8, 4) is 0 Å². The van der Waals surface area contributed by atoms with Gasteiger partial charge >= 0.3 is 7.82 Å². The number of hydrogen-bond acceptors (Lipinski definition) is 26. The molecule has 0 aromatic heterocycles. The second kappa shape index (κ2) is 67.2. The average molecular weight is 1560 g/mol. The van der Waals surface area contributed by atoms with Crippen LogP contribution in [0.1, 0.15) is 231 Å². The molecule has 0 spiro atoms. The van der Waals surface area contributed by atoms with Crippen molar-refractivity contribution in [3.05, 3.63) is 0 Å². The third kappa shape index (κ3) is 47.0. The molecule has 3 heterocycles. The van der Waals surface area contributed by atoms with Gasteiger partial charge in [-0.15, -0.1) is 0 Å². The number of nitrogens with two attached hydrogens (primary N) is 1. The number of ketones is 1. The Morgan fingerprint density at radius 2 is 0.792 bits per heavy atom. The van der Waals surface area contributed by atoms with E-state index >= 15 is 0 Å². The topological polar surface area (TPSA) is 491 Å². The van der Waals surface area contributed by atoms with Gasteiger partial charge in [-0.2, -0.15) is 0 Å². The van der Waals surface area contributed by atoms with E-state index in [9.17, 15) is 79.3 Å². The summed E-state index contributed by atoms with van der Waals surface area (Å²) in [5.74, 6) is -3.93. The first-order valence-electron chi connectivity index (χ1n) is 37.7. The molecule has 0 aromatic carbocycles. The molecule has 3 aliphatic heterocycles. The van der Waals surface area contributed by atoms with Crippen molar-refractivity contribution in [2.75, 3.05) is 99.8 Å². The largest absolute Gasteiger partial charge is 0.471 e. The number of nitrogens with one attached hydrogen (secondary N) is 5. The molecule has 0 saturated carbocycles. The minimum absolute atomic E-state index is 0. The number of methoxy groups -OCH3 is 1. The van der Waals surface area contributed by atoms with Crippen molar-refractivity contribution in [1.82, 2.24) is 26.6 Å². The molecule has 0 aromatic rings. The SMILES string of the molecule is C.C.C.CC.CC.COCCCNC(=O)CCCCCNC(=O)C(CCCCNC(=O)CCCCO[C@@H]1OC(CO)[C@H](O)[C@H](O)C1C)CC(=O)C(CCCCNC(=O)CCCCO[C@@H]1OC(CO)[C@H](O)[C@H](O)C1C)NC(=O)CCCCO[C@@H]1OC(CO)[C@H](O)[C@H](O)C1C.COP(=O)(O)OCCCCCCN. The Morgan fingerprint density at radius 3 is 1.19 bits per heavy atom. The average Bonchev–Trinajstić information content (AvgIpc) is 0.834. The van der Waals surface area contributed by atoms with Gasteiger partial charge in [-0.05, 0) is 109 Å².